The summed E-state index contributed by atoms with van der Waals surface area (Å²) in [5.41, 5.74) is 11.6. The predicted octanol–water partition coefficient (Wildman–Crippen LogP) is 13.1. The molecule has 0 aliphatic carbocycles. The predicted molar refractivity (Wildman–Crippen MR) is 231 cm³/mol. The van der Waals surface area contributed by atoms with Crippen LogP contribution in [0.4, 0.5) is 17.1 Å². The van der Waals surface area contributed by atoms with Gasteiger partial charge in [0.15, 0.2) is 11.6 Å². The highest BCUT2D eigenvalue weighted by atomic mass is 15.2. The van der Waals surface area contributed by atoms with Crippen LogP contribution in [0, 0.1) is 0 Å². The van der Waals surface area contributed by atoms with Crippen LogP contribution in [0.2, 0.25) is 0 Å². The van der Waals surface area contributed by atoms with E-state index in [0.29, 0.717) is 17.6 Å². The summed E-state index contributed by atoms with van der Waals surface area (Å²) in [6, 6.07) is 74.0. The van der Waals surface area contributed by atoms with Crippen LogP contribution in [0.15, 0.2) is 212 Å². The maximum atomic E-state index is 5.23. The summed E-state index contributed by atoms with van der Waals surface area (Å²) < 4.78 is 2.21. The smallest absolute Gasteiger partial charge is 0.238 e. The van der Waals surface area contributed by atoms with Gasteiger partial charge in [0.25, 0.3) is 0 Å². The van der Waals surface area contributed by atoms with Crippen molar-refractivity contribution in [1.29, 1.82) is 0 Å². The summed E-state index contributed by atoms with van der Waals surface area (Å²) in [6.45, 7) is 0. The van der Waals surface area contributed by atoms with Crippen molar-refractivity contribution in [3.8, 4) is 51.0 Å². The van der Waals surface area contributed by atoms with Crippen molar-refractivity contribution in [3.05, 3.63) is 212 Å². The van der Waals surface area contributed by atoms with Crippen molar-refractivity contribution in [3.63, 3.8) is 0 Å². The van der Waals surface area contributed by atoms with E-state index in [9.17, 15) is 0 Å². The fraction of sp³-hybridized carbons (Fsp3) is 0. The second-order valence-electron chi connectivity index (χ2n) is 13.7. The Bertz CT molecular complexity index is 2780. The van der Waals surface area contributed by atoms with Gasteiger partial charge in [-0.25, -0.2) is 4.98 Å². The topological polar surface area (TPSA) is 46.8 Å². The lowest BCUT2D eigenvalue weighted by molar-refractivity contribution is 0.952. The number of aromatic nitrogens is 4. The summed E-state index contributed by atoms with van der Waals surface area (Å²) >= 11 is 0. The van der Waals surface area contributed by atoms with Crippen LogP contribution in [-0.2, 0) is 0 Å². The molecule has 5 nitrogen and oxygen atoms in total. The average Bonchev–Trinajstić information content (AvgIpc) is 3.63. The molecule has 0 saturated heterocycles. The van der Waals surface area contributed by atoms with E-state index in [1.165, 1.54) is 11.1 Å². The molecule has 56 heavy (non-hydrogen) atoms. The third-order valence-electron chi connectivity index (χ3n) is 10.3. The number of para-hydroxylation sites is 2. The van der Waals surface area contributed by atoms with Crippen LogP contribution >= 0.6 is 0 Å². The summed E-state index contributed by atoms with van der Waals surface area (Å²) in [5.74, 6) is 1.78. The van der Waals surface area contributed by atoms with Crippen molar-refractivity contribution in [2.75, 3.05) is 4.90 Å². The number of anilines is 3. The Hall–Kier alpha value is -7.63. The van der Waals surface area contributed by atoms with E-state index in [1.54, 1.807) is 0 Å². The van der Waals surface area contributed by atoms with E-state index in [0.717, 1.165) is 61.1 Å². The summed E-state index contributed by atoms with van der Waals surface area (Å²) in [6.07, 6.45) is 0. The minimum Gasteiger partial charge on any atom is -0.308 e. The van der Waals surface area contributed by atoms with E-state index in [-0.39, 0.29) is 0 Å². The van der Waals surface area contributed by atoms with Crippen molar-refractivity contribution in [1.82, 2.24) is 19.5 Å². The van der Waals surface area contributed by atoms with Gasteiger partial charge >= 0.3 is 0 Å². The number of hydrogen-bond donors (Lipinski definition) is 0. The van der Waals surface area contributed by atoms with E-state index in [1.807, 2.05) is 60.7 Å². The molecule has 0 saturated carbocycles. The van der Waals surface area contributed by atoms with Gasteiger partial charge in [0.2, 0.25) is 5.95 Å². The molecule has 264 valence electrons. The first-order valence-corrected chi connectivity index (χ1v) is 18.8. The summed E-state index contributed by atoms with van der Waals surface area (Å²) in [7, 11) is 0. The quantitative estimate of drug-likeness (QED) is 0.157. The summed E-state index contributed by atoms with van der Waals surface area (Å²) in [5, 5.41) is 2.22. The van der Waals surface area contributed by atoms with Crippen LogP contribution in [-0.4, -0.2) is 19.5 Å². The second-order valence-corrected chi connectivity index (χ2v) is 13.7. The van der Waals surface area contributed by atoms with E-state index >= 15 is 0 Å². The number of fused-ring (bicyclic) bond motifs is 3. The number of rotatable bonds is 8. The zero-order valence-corrected chi connectivity index (χ0v) is 30.4. The lowest BCUT2D eigenvalue weighted by Gasteiger charge is -2.27. The maximum absolute atomic E-state index is 5.23. The Labute approximate surface area is 325 Å². The standard InChI is InChI=1S/C51H35N5/c1-5-16-36(17-6-1)38-28-32-42(33-29-38)55(43-34-30-39(31-35-43)37-18-7-2-8-19-37)47-27-15-25-45-44-24-13-14-26-46(44)56(48(45)47)51-53-49(40-20-9-3-10-21-40)52-50(54-51)41-22-11-4-12-23-41/h1-35H. The van der Waals surface area contributed by atoms with E-state index < -0.39 is 0 Å². The molecule has 0 aliphatic rings. The molecule has 0 unspecified atom stereocenters. The third kappa shape index (κ3) is 6.07. The van der Waals surface area contributed by atoms with Crippen molar-refractivity contribution >= 4 is 38.9 Å². The molecule has 2 aromatic heterocycles. The molecule has 0 N–H and O–H groups in total. The van der Waals surface area contributed by atoms with Gasteiger partial charge in [-0.15, -0.1) is 0 Å². The van der Waals surface area contributed by atoms with Gasteiger partial charge in [-0.05, 0) is 58.7 Å². The van der Waals surface area contributed by atoms with Gasteiger partial charge in [-0.2, -0.15) is 9.97 Å². The van der Waals surface area contributed by atoms with Gasteiger partial charge in [0.1, 0.15) is 0 Å². The Morgan fingerprint density at radius 1 is 0.321 bits per heavy atom. The molecule has 8 aromatic carbocycles. The average molecular weight is 718 g/mol. The van der Waals surface area contributed by atoms with Crippen molar-refractivity contribution in [2.24, 2.45) is 0 Å². The van der Waals surface area contributed by atoms with Crippen LogP contribution in [0.1, 0.15) is 0 Å². The number of hydrogen-bond acceptors (Lipinski definition) is 4. The highest BCUT2D eigenvalue weighted by Gasteiger charge is 2.24. The van der Waals surface area contributed by atoms with Gasteiger partial charge in [0, 0.05) is 33.3 Å². The van der Waals surface area contributed by atoms with Crippen molar-refractivity contribution < 1.29 is 0 Å². The van der Waals surface area contributed by atoms with Gasteiger partial charge in [0.05, 0.1) is 16.7 Å². The Kier molecular flexibility index (Phi) is 8.43. The van der Waals surface area contributed by atoms with Crippen molar-refractivity contribution in [2.45, 2.75) is 0 Å². The zero-order valence-electron chi connectivity index (χ0n) is 30.4. The van der Waals surface area contributed by atoms with E-state index in [2.05, 4.69) is 161 Å². The fourth-order valence-corrected chi connectivity index (χ4v) is 7.58. The lowest BCUT2D eigenvalue weighted by atomic mass is 10.0. The SMILES string of the molecule is c1ccc(-c2ccc(N(c3ccc(-c4ccccc4)cc3)c3cccc4c5ccccc5n(-c5nc(-c6ccccc6)nc(-c6ccccc6)n5)c34)cc2)cc1. The molecular weight excluding hydrogens is 683 g/mol. The first kappa shape index (κ1) is 33.0. The molecular formula is C51H35N5. The van der Waals surface area contributed by atoms with Crippen LogP contribution < -0.4 is 4.90 Å². The maximum Gasteiger partial charge on any atom is 0.238 e. The van der Waals surface area contributed by atoms with Crippen LogP contribution in [0.5, 0.6) is 0 Å². The molecule has 5 heteroatoms. The van der Waals surface area contributed by atoms with E-state index in [4.69, 9.17) is 15.0 Å². The first-order chi connectivity index (χ1) is 27.8. The fourth-order valence-electron chi connectivity index (χ4n) is 7.58. The third-order valence-corrected chi connectivity index (χ3v) is 10.3. The van der Waals surface area contributed by atoms with Gasteiger partial charge in [-0.1, -0.05) is 176 Å². The zero-order chi connectivity index (χ0) is 37.3. The van der Waals surface area contributed by atoms with Gasteiger partial charge in [-0.3, -0.25) is 4.57 Å². The number of benzene rings is 8. The second kappa shape index (κ2) is 14.3. The molecule has 0 atom stereocenters. The Morgan fingerprint density at radius 2 is 0.732 bits per heavy atom. The molecule has 0 aliphatic heterocycles. The molecule has 2 heterocycles. The summed E-state index contributed by atoms with van der Waals surface area (Å²) in [4.78, 5) is 17.8. The molecule has 0 radical (unpaired) electrons. The monoisotopic (exact) mass is 717 g/mol. The molecule has 10 rings (SSSR count). The largest absolute Gasteiger partial charge is 0.308 e. The molecule has 0 bridgehead atoms. The van der Waals surface area contributed by atoms with Gasteiger partial charge < -0.3 is 4.90 Å². The number of nitrogens with zero attached hydrogens (tertiary/aromatic N) is 5. The Balaban J connectivity index is 1.23. The molecule has 10 aromatic rings. The highest BCUT2D eigenvalue weighted by molar-refractivity contribution is 6.14. The normalized spacial score (nSPS) is 11.2. The first-order valence-electron chi connectivity index (χ1n) is 18.8. The van der Waals surface area contributed by atoms with Crippen LogP contribution in [0.25, 0.3) is 72.8 Å². The Morgan fingerprint density at radius 3 is 1.23 bits per heavy atom. The molecule has 0 fully saturated rings. The lowest BCUT2D eigenvalue weighted by Crippen LogP contribution is -2.13. The minimum absolute atomic E-state index is 0.551. The highest BCUT2D eigenvalue weighted by Crippen LogP contribution is 2.44. The molecule has 0 spiro atoms. The minimum atomic E-state index is 0.551. The van der Waals surface area contributed by atoms with Crippen LogP contribution in [0.3, 0.4) is 0 Å². The molecule has 0 amide bonds.